The highest BCUT2D eigenvalue weighted by Gasteiger charge is 2.41. The highest BCUT2D eigenvalue weighted by atomic mass is 16.5. The van der Waals surface area contributed by atoms with Crippen LogP contribution in [0.1, 0.15) is 0 Å². The predicted octanol–water partition coefficient (Wildman–Crippen LogP) is -5.03. The number of ether oxygens (including phenoxy) is 1. The first-order valence-corrected chi connectivity index (χ1v) is 3.80. The summed E-state index contributed by atoms with van der Waals surface area (Å²) in [4.78, 5) is 10.9. The van der Waals surface area contributed by atoms with Crippen molar-refractivity contribution in [1.29, 1.82) is 0 Å². The van der Waals surface area contributed by atoms with Crippen LogP contribution in [0.25, 0.3) is 0 Å². The molecule has 56 valence electrons. The van der Waals surface area contributed by atoms with E-state index in [2.05, 4.69) is 5.32 Å². The minimum absolute atomic E-state index is 0.0330. The molecule has 0 radical (unpaired) electrons. The number of morpholine rings is 1. The van der Waals surface area contributed by atoms with Gasteiger partial charge in [0.15, 0.2) is 0 Å². The summed E-state index contributed by atoms with van der Waals surface area (Å²) < 4.78 is 5.38. The average Bonchev–Trinajstić information content (AvgIpc) is 1.80. The molecule has 1 fully saturated rings. The third kappa shape index (κ3) is 1.48. The number of hydrogen-bond donors (Lipinski definition) is 1. The second kappa shape index (κ2) is 2.34. The van der Waals surface area contributed by atoms with Crippen molar-refractivity contribution in [2.45, 2.75) is 10.7 Å². The SMILES string of the molecule is BC1(B)NC(=O)COC1(B)B. The van der Waals surface area contributed by atoms with E-state index in [4.69, 9.17) is 4.74 Å². The van der Waals surface area contributed by atoms with Crippen LogP contribution in [-0.2, 0) is 9.53 Å². The molecular weight excluding hydrogens is 137 g/mol. The van der Waals surface area contributed by atoms with Crippen LogP contribution in [0.15, 0.2) is 0 Å². The maximum atomic E-state index is 10.9. The van der Waals surface area contributed by atoms with E-state index in [0.29, 0.717) is 0 Å². The van der Waals surface area contributed by atoms with Crippen LogP contribution < -0.4 is 5.32 Å². The number of carbonyl (C=O) groups is 1. The van der Waals surface area contributed by atoms with Gasteiger partial charge in [-0.05, 0) is 5.34 Å². The third-order valence-electron chi connectivity index (χ3n) is 2.52. The Bertz CT molecular complexity index is 193. The van der Waals surface area contributed by atoms with E-state index < -0.39 is 0 Å². The Kier molecular flexibility index (Phi) is 1.87. The van der Waals surface area contributed by atoms with Crippen molar-refractivity contribution in [3.63, 3.8) is 0 Å². The first-order valence-electron chi connectivity index (χ1n) is 3.80. The highest BCUT2D eigenvalue weighted by Crippen LogP contribution is 2.17. The van der Waals surface area contributed by atoms with E-state index in [1.165, 1.54) is 0 Å². The molecule has 11 heavy (non-hydrogen) atoms. The van der Waals surface area contributed by atoms with Crippen molar-refractivity contribution in [2.24, 2.45) is 0 Å². The quantitative estimate of drug-likeness (QED) is 0.349. The zero-order valence-corrected chi connectivity index (χ0v) is 7.52. The Labute approximate surface area is 70.3 Å². The van der Waals surface area contributed by atoms with Crippen molar-refractivity contribution in [3.8, 4) is 0 Å². The van der Waals surface area contributed by atoms with Gasteiger partial charge in [-0.2, -0.15) is 0 Å². The second-order valence-corrected chi connectivity index (χ2v) is 3.97. The molecule has 0 spiro atoms. The molecule has 1 aliphatic heterocycles. The van der Waals surface area contributed by atoms with Gasteiger partial charge in [-0.25, -0.2) is 0 Å². The zero-order chi connectivity index (χ0) is 8.70. The normalized spacial score (nSPS) is 27.5. The van der Waals surface area contributed by atoms with Gasteiger partial charge in [-0.1, -0.05) is 0 Å². The van der Waals surface area contributed by atoms with E-state index >= 15 is 0 Å². The molecule has 1 N–H and O–H groups in total. The molecule has 7 heteroatoms. The molecule has 0 aliphatic carbocycles. The van der Waals surface area contributed by atoms with Gasteiger partial charge in [0.1, 0.15) is 38.0 Å². The molecular formula is C4H11B4NO2. The first kappa shape index (κ1) is 8.78. The lowest BCUT2D eigenvalue weighted by atomic mass is 9.39. The van der Waals surface area contributed by atoms with Gasteiger partial charge in [0, 0.05) is 5.40 Å². The Morgan fingerprint density at radius 3 is 2.27 bits per heavy atom. The summed E-state index contributed by atoms with van der Waals surface area (Å²) in [6.07, 6.45) is 0. The minimum Gasteiger partial charge on any atom is -0.382 e. The Balaban J connectivity index is 2.80. The summed E-state index contributed by atoms with van der Waals surface area (Å²) in [5.41, 5.74) is 0. The molecule has 0 aromatic heterocycles. The molecule has 1 rings (SSSR count). The van der Waals surface area contributed by atoms with Crippen LogP contribution in [0.4, 0.5) is 0 Å². The lowest BCUT2D eigenvalue weighted by molar-refractivity contribution is -0.134. The summed E-state index contributed by atoms with van der Waals surface area (Å²) in [6.45, 7) is 0.177. The summed E-state index contributed by atoms with van der Waals surface area (Å²) in [7, 11) is 7.88. The second-order valence-electron chi connectivity index (χ2n) is 3.97. The van der Waals surface area contributed by atoms with Gasteiger partial charge < -0.3 is 10.1 Å². The van der Waals surface area contributed by atoms with Gasteiger partial charge in [-0.3, -0.25) is 4.79 Å². The number of rotatable bonds is 0. The first-order chi connectivity index (χ1) is 4.85. The summed E-state index contributed by atoms with van der Waals surface area (Å²) in [5.74, 6) is -0.0330. The van der Waals surface area contributed by atoms with Crippen molar-refractivity contribution >= 4 is 37.3 Å². The number of carbonyl (C=O) groups excluding carboxylic acids is 1. The fourth-order valence-electron chi connectivity index (χ4n) is 0.962. The lowest BCUT2D eigenvalue weighted by Crippen LogP contribution is -2.72. The maximum Gasteiger partial charge on any atom is 0.245 e. The molecule has 0 atom stereocenters. The van der Waals surface area contributed by atoms with Crippen molar-refractivity contribution in [1.82, 2.24) is 5.32 Å². The lowest BCUT2D eigenvalue weighted by Gasteiger charge is -2.46. The van der Waals surface area contributed by atoms with Crippen LogP contribution in [-0.4, -0.2) is 54.6 Å². The standard InChI is InChI=1S/C4H11B4NO2/c5-3(6)4(7,8)11-1-2(10)9-3/h1,5-8H2,(H,9,10). The van der Waals surface area contributed by atoms with Crippen molar-refractivity contribution < 1.29 is 9.53 Å². The average molecular weight is 148 g/mol. The number of nitrogens with one attached hydrogen (secondary N) is 1. The largest absolute Gasteiger partial charge is 0.382 e. The summed E-state index contributed by atoms with van der Waals surface area (Å²) in [5, 5.41) is 2.33. The monoisotopic (exact) mass is 149 g/mol. The van der Waals surface area contributed by atoms with Gasteiger partial charge in [0.25, 0.3) is 0 Å². The molecule has 0 unspecified atom stereocenters. The van der Waals surface area contributed by atoms with E-state index in [0.717, 1.165) is 0 Å². The summed E-state index contributed by atoms with van der Waals surface area (Å²) >= 11 is 0. The van der Waals surface area contributed by atoms with Crippen LogP contribution in [0.2, 0.25) is 0 Å². The molecule has 0 aromatic carbocycles. The van der Waals surface area contributed by atoms with Crippen LogP contribution in [0, 0.1) is 0 Å². The molecule has 0 bridgehead atoms. The van der Waals surface area contributed by atoms with E-state index in [1.54, 1.807) is 0 Å². The Hall–Kier alpha value is -0.310. The van der Waals surface area contributed by atoms with Gasteiger partial charge in [-0.15, -0.1) is 0 Å². The Morgan fingerprint density at radius 2 is 1.91 bits per heavy atom. The highest BCUT2D eigenvalue weighted by molar-refractivity contribution is 6.54. The van der Waals surface area contributed by atoms with Crippen molar-refractivity contribution in [3.05, 3.63) is 0 Å². The zero-order valence-electron chi connectivity index (χ0n) is 7.52. The van der Waals surface area contributed by atoms with Crippen LogP contribution in [0.3, 0.4) is 0 Å². The minimum atomic E-state index is -0.277. The van der Waals surface area contributed by atoms with Crippen LogP contribution >= 0.6 is 0 Å². The molecule has 1 heterocycles. The number of hydrogen-bond acceptors (Lipinski definition) is 2. The molecule has 0 saturated carbocycles. The van der Waals surface area contributed by atoms with E-state index in [1.807, 2.05) is 31.4 Å². The van der Waals surface area contributed by atoms with Gasteiger partial charge in [0.2, 0.25) is 5.91 Å². The molecule has 1 amide bonds. The predicted molar refractivity (Wildman–Crippen MR) is 53.7 cm³/mol. The third-order valence-corrected chi connectivity index (χ3v) is 2.52. The molecule has 0 aromatic rings. The van der Waals surface area contributed by atoms with E-state index in [9.17, 15) is 4.79 Å². The topological polar surface area (TPSA) is 38.3 Å². The van der Waals surface area contributed by atoms with Gasteiger partial charge in [0.05, 0.1) is 0 Å². The molecule has 1 saturated heterocycles. The van der Waals surface area contributed by atoms with Crippen molar-refractivity contribution in [2.75, 3.05) is 6.61 Å². The molecule has 1 aliphatic rings. The fourth-order valence-corrected chi connectivity index (χ4v) is 0.962. The summed E-state index contributed by atoms with van der Waals surface area (Å²) in [6, 6.07) is 0. The maximum absolute atomic E-state index is 10.9. The van der Waals surface area contributed by atoms with E-state index in [-0.39, 0.29) is 23.3 Å². The van der Waals surface area contributed by atoms with Gasteiger partial charge >= 0.3 is 0 Å². The number of amides is 1. The molecule has 3 nitrogen and oxygen atoms in total. The smallest absolute Gasteiger partial charge is 0.245 e. The fraction of sp³-hybridized carbons (Fsp3) is 0.750. The Morgan fingerprint density at radius 1 is 1.36 bits per heavy atom. The van der Waals surface area contributed by atoms with Crippen LogP contribution in [0.5, 0.6) is 0 Å².